The maximum atomic E-state index is 6.29. The van der Waals surface area contributed by atoms with Crippen LogP contribution < -0.4 is 0 Å². The van der Waals surface area contributed by atoms with Crippen LogP contribution in [0.15, 0.2) is 30.5 Å². The van der Waals surface area contributed by atoms with E-state index in [0.29, 0.717) is 16.6 Å². The summed E-state index contributed by atoms with van der Waals surface area (Å²) < 4.78 is 0. The van der Waals surface area contributed by atoms with Crippen molar-refractivity contribution in [2.45, 2.75) is 64.6 Å². The zero-order valence-electron chi connectivity index (χ0n) is 15.7. The molecule has 0 atom stereocenters. The summed E-state index contributed by atoms with van der Waals surface area (Å²) in [6, 6.07) is 8.03. The van der Waals surface area contributed by atoms with Crippen LogP contribution in [0.1, 0.15) is 47.1 Å². The molecule has 128 valence electrons. The summed E-state index contributed by atoms with van der Waals surface area (Å²) >= 11 is 6.29. The summed E-state index contributed by atoms with van der Waals surface area (Å²) in [5, 5.41) is 1.77. The predicted molar refractivity (Wildman–Crippen MR) is 109 cm³/mol. The Kier molecular flexibility index (Phi) is 6.12. The molecule has 24 heavy (non-hydrogen) atoms. The van der Waals surface area contributed by atoms with Crippen LogP contribution in [0.2, 0.25) is 21.6 Å². The molecule has 0 saturated carbocycles. The molecule has 2 rings (SSSR count). The Balaban J connectivity index is 2.41. The molecule has 0 aliphatic rings. The van der Waals surface area contributed by atoms with Crippen LogP contribution in [0.5, 0.6) is 0 Å². The van der Waals surface area contributed by atoms with Crippen LogP contribution in [-0.2, 0) is 6.42 Å². The van der Waals surface area contributed by atoms with E-state index in [1.807, 2.05) is 18.2 Å². The Morgan fingerprint density at radius 2 is 1.62 bits per heavy atom. The highest BCUT2D eigenvalue weighted by atomic mass is 35.5. The van der Waals surface area contributed by atoms with E-state index < -0.39 is 8.07 Å². The lowest BCUT2D eigenvalue weighted by Crippen LogP contribution is -2.43. The fourth-order valence-electron chi connectivity index (χ4n) is 4.07. The van der Waals surface area contributed by atoms with Gasteiger partial charge in [0.2, 0.25) is 0 Å². The lowest BCUT2D eigenvalue weighted by atomic mass is 10.1. The van der Waals surface area contributed by atoms with E-state index in [1.54, 1.807) is 6.20 Å². The third kappa shape index (κ3) is 3.53. The number of pyridine rings is 1. The summed E-state index contributed by atoms with van der Waals surface area (Å²) in [6.07, 6.45) is 2.52. The van der Waals surface area contributed by atoms with E-state index in [2.05, 4.69) is 64.1 Å². The van der Waals surface area contributed by atoms with Gasteiger partial charge < -0.3 is 0 Å². The van der Waals surface area contributed by atoms with Crippen molar-refractivity contribution in [3.8, 4) is 11.5 Å². The highest BCUT2D eigenvalue weighted by molar-refractivity contribution is 6.90. The molecule has 0 aliphatic carbocycles. The second kappa shape index (κ2) is 7.72. The highest BCUT2D eigenvalue weighted by Crippen LogP contribution is 2.40. The zero-order valence-corrected chi connectivity index (χ0v) is 17.4. The lowest BCUT2D eigenvalue weighted by molar-refractivity contribution is 0.838. The minimum Gasteiger partial charge on any atom is -0.256 e. The topological polar surface area (TPSA) is 12.9 Å². The van der Waals surface area contributed by atoms with E-state index in [-0.39, 0.29) is 0 Å². The molecule has 0 bridgehead atoms. The zero-order chi connectivity index (χ0) is 17.9. The summed E-state index contributed by atoms with van der Waals surface area (Å²) in [7, 11) is -1.67. The van der Waals surface area contributed by atoms with Gasteiger partial charge >= 0.3 is 0 Å². The monoisotopic (exact) mass is 357 g/mol. The molecule has 2 aromatic rings. The molecular weight excluding hydrogens is 330 g/mol. The number of fused-ring (bicyclic) bond motifs is 1. The van der Waals surface area contributed by atoms with Gasteiger partial charge in [0.05, 0.1) is 10.5 Å². The SMILES string of the molecule is CC(C)[Si](C#CCc1cccc2c(Cl)ccnc12)(C(C)C)C(C)C. The third-order valence-electron chi connectivity index (χ3n) is 5.25. The van der Waals surface area contributed by atoms with Crippen molar-refractivity contribution in [1.29, 1.82) is 0 Å². The lowest BCUT2D eigenvalue weighted by Gasteiger charge is -2.38. The van der Waals surface area contributed by atoms with Crippen molar-refractivity contribution in [1.82, 2.24) is 4.98 Å². The van der Waals surface area contributed by atoms with Crippen molar-refractivity contribution in [2.75, 3.05) is 0 Å². The number of halogens is 1. The van der Waals surface area contributed by atoms with Gasteiger partial charge in [-0.15, -0.1) is 11.5 Å². The normalized spacial score (nSPS) is 12.1. The van der Waals surface area contributed by atoms with E-state index >= 15 is 0 Å². The fraction of sp³-hybridized carbons (Fsp3) is 0.476. The van der Waals surface area contributed by atoms with E-state index in [0.717, 1.165) is 22.3 Å². The summed E-state index contributed by atoms with van der Waals surface area (Å²) in [6.45, 7) is 14.1. The van der Waals surface area contributed by atoms with Crippen LogP contribution in [0.3, 0.4) is 0 Å². The first kappa shape index (κ1) is 19.0. The average molecular weight is 358 g/mol. The first-order valence-corrected chi connectivity index (χ1v) is 11.4. The summed E-state index contributed by atoms with van der Waals surface area (Å²) in [5.41, 5.74) is 7.91. The molecule has 0 radical (unpaired) electrons. The molecular formula is C21H28ClNSi. The number of rotatable bonds is 4. The van der Waals surface area contributed by atoms with Crippen molar-refractivity contribution >= 4 is 30.6 Å². The Bertz CT molecular complexity index is 746. The number of aromatic nitrogens is 1. The van der Waals surface area contributed by atoms with Gasteiger partial charge in [-0.1, -0.05) is 71.3 Å². The Morgan fingerprint density at radius 1 is 1.00 bits per heavy atom. The Morgan fingerprint density at radius 3 is 2.21 bits per heavy atom. The van der Waals surface area contributed by atoms with Gasteiger partial charge in [0.1, 0.15) is 8.07 Å². The molecule has 0 fully saturated rings. The number of benzene rings is 1. The van der Waals surface area contributed by atoms with Crippen molar-refractivity contribution in [3.63, 3.8) is 0 Å². The average Bonchev–Trinajstić information content (AvgIpc) is 2.51. The smallest absolute Gasteiger partial charge is 0.145 e. The van der Waals surface area contributed by atoms with Crippen molar-refractivity contribution in [3.05, 3.63) is 41.0 Å². The molecule has 1 aromatic carbocycles. The molecule has 0 aliphatic heterocycles. The maximum Gasteiger partial charge on any atom is 0.145 e. The Hall–Kier alpha value is -1.30. The number of hydrogen-bond donors (Lipinski definition) is 0. The molecule has 3 heteroatoms. The largest absolute Gasteiger partial charge is 0.256 e. The van der Waals surface area contributed by atoms with Gasteiger partial charge in [0, 0.05) is 18.0 Å². The Labute approximate surface area is 152 Å². The van der Waals surface area contributed by atoms with Crippen molar-refractivity contribution < 1.29 is 0 Å². The molecule has 1 aromatic heterocycles. The molecule has 0 spiro atoms. The minimum absolute atomic E-state index is 0.657. The number of para-hydroxylation sites is 1. The molecule has 0 saturated heterocycles. The van der Waals surface area contributed by atoms with Crippen LogP contribution in [0.25, 0.3) is 10.9 Å². The predicted octanol–water partition coefficient (Wildman–Crippen LogP) is 6.65. The van der Waals surface area contributed by atoms with E-state index in [1.165, 1.54) is 5.56 Å². The maximum absolute atomic E-state index is 6.29. The van der Waals surface area contributed by atoms with Crippen LogP contribution >= 0.6 is 11.6 Å². The van der Waals surface area contributed by atoms with Crippen LogP contribution in [-0.4, -0.2) is 13.1 Å². The molecule has 0 N–H and O–H groups in total. The second-order valence-electron chi connectivity index (χ2n) is 7.48. The first-order chi connectivity index (χ1) is 11.3. The van der Waals surface area contributed by atoms with Gasteiger partial charge in [-0.05, 0) is 28.3 Å². The number of hydrogen-bond acceptors (Lipinski definition) is 1. The number of nitrogens with zero attached hydrogens (tertiary/aromatic N) is 1. The van der Waals surface area contributed by atoms with Gasteiger partial charge in [0.25, 0.3) is 0 Å². The van der Waals surface area contributed by atoms with Gasteiger partial charge in [-0.25, -0.2) is 0 Å². The highest BCUT2D eigenvalue weighted by Gasteiger charge is 2.41. The van der Waals surface area contributed by atoms with Gasteiger partial charge in [-0.2, -0.15) is 0 Å². The van der Waals surface area contributed by atoms with Crippen LogP contribution in [0.4, 0.5) is 0 Å². The standard InChI is InChI=1S/C21H28ClNSi/c1-15(2)24(16(3)4,17(5)6)14-8-10-18-9-7-11-19-20(22)12-13-23-21(18)19/h7,9,11-13,15-17H,10H2,1-6H3. The van der Waals surface area contributed by atoms with Crippen molar-refractivity contribution in [2.24, 2.45) is 0 Å². The summed E-state index contributed by atoms with van der Waals surface area (Å²) in [5.74, 6) is 3.53. The minimum atomic E-state index is -1.67. The van der Waals surface area contributed by atoms with E-state index in [4.69, 9.17) is 11.6 Å². The first-order valence-electron chi connectivity index (χ1n) is 8.82. The summed E-state index contributed by atoms with van der Waals surface area (Å²) in [4.78, 5) is 4.52. The van der Waals surface area contributed by atoms with Gasteiger partial charge in [0.15, 0.2) is 0 Å². The molecule has 1 heterocycles. The van der Waals surface area contributed by atoms with E-state index in [9.17, 15) is 0 Å². The fourth-order valence-corrected chi connectivity index (χ4v) is 9.54. The molecule has 1 nitrogen and oxygen atoms in total. The van der Waals surface area contributed by atoms with Gasteiger partial charge in [-0.3, -0.25) is 4.98 Å². The van der Waals surface area contributed by atoms with Crippen LogP contribution in [0, 0.1) is 11.5 Å². The molecule has 0 amide bonds. The quantitative estimate of drug-likeness (QED) is 0.440. The second-order valence-corrected chi connectivity index (χ2v) is 13.5. The molecule has 0 unspecified atom stereocenters. The third-order valence-corrected chi connectivity index (χ3v) is 11.9.